The monoisotopic (exact) mass is 374 g/mol. The summed E-state index contributed by atoms with van der Waals surface area (Å²) in [6.45, 7) is 0. The number of carbonyl (C=O) groups excluding carboxylic acids is 1. The van der Waals surface area contributed by atoms with Gasteiger partial charge in [-0.05, 0) is 35.9 Å². The maximum absolute atomic E-state index is 12.9. The second kappa shape index (κ2) is 7.17. The van der Waals surface area contributed by atoms with Crippen LogP contribution in [0.3, 0.4) is 0 Å². The zero-order valence-electron chi connectivity index (χ0n) is 14.7. The van der Waals surface area contributed by atoms with Gasteiger partial charge in [0, 0.05) is 52.1 Å². The molecule has 0 saturated heterocycles. The molecule has 0 aliphatic heterocycles. The minimum absolute atomic E-state index is 0.0784. The lowest BCUT2D eigenvalue weighted by Crippen LogP contribution is -2.01. The molecule has 27 heavy (non-hydrogen) atoms. The molecule has 0 fully saturated rings. The number of hydrogen-bond donors (Lipinski definition) is 3. The van der Waals surface area contributed by atoms with Crippen molar-refractivity contribution in [2.24, 2.45) is 0 Å². The lowest BCUT2D eigenvalue weighted by atomic mass is 10.0. The number of nitrogens with zero attached hydrogens (tertiary/aromatic N) is 1. The molecule has 4 aromatic rings. The standard InChI is InChI=1S/C21H18N4OS/c1-27-25-17-7-3-4-13(9-17)15-10-18-19(12-24-21(18)23-11-15)20(26)14-5-2-6-16(22)8-14/h2-12,25H,22H2,1H3,(H,23,24). The summed E-state index contributed by atoms with van der Waals surface area (Å²) < 4.78 is 3.23. The molecule has 0 radical (unpaired) electrons. The van der Waals surface area contributed by atoms with Crippen LogP contribution < -0.4 is 10.5 Å². The van der Waals surface area contributed by atoms with E-state index in [2.05, 4.69) is 20.8 Å². The predicted molar refractivity (Wildman–Crippen MR) is 113 cm³/mol. The summed E-state index contributed by atoms with van der Waals surface area (Å²) in [6, 6.07) is 17.1. The van der Waals surface area contributed by atoms with Crippen LogP contribution in [0.4, 0.5) is 11.4 Å². The molecule has 5 nitrogen and oxygen atoms in total. The number of ketones is 1. The van der Waals surface area contributed by atoms with Crippen molar-refractivity contribution in [3.05, 3.63) is 78.1 Å². The van der Waals surface area contributed by atoms with Crippen molar-refractivity contribution >= 4 is 40.1 Å². The number of aromatic amines is 1. The molecule has 0 aliphatic rings. The van der Waals surface area contributed by atoms with Crippen LogP contribution in [0.5, 0.6) is 0 Å². The Bertz CT molecular complexity index is 1140. The Morgan fingerprint density at radius 2 is 1.96 bits per heavy atom. The number of nitrogen functional groups attached to an aromatic ring is 1. The van der Waals surface area contributed by atoms with Gasteiger partial charge in [0.2, 0.25) is 0 Å². The topological polar surface area (TPSA) is 83.8 Å². The van der Waals surface area contributed by atoms with E-state index in [1.807, 2.05) is 36.7 Å². The van der Waals surface area contributed by atoms with Crippen molar-refractivity contribution in [1.82, 2.24) is 9.97 Å². The van der Waals surface area contributed by atoms with Crippen LogP contribution in [-0.2, 0) is 0 Å². The van der Waals surface area contributed by atoms with E-state index in [1.54, 1.807) is 42.4 Å². The third-order valence-electron chi connectivity index (χ3n) is 4.34. The van der Waals surface area contributed by atoms with Gasteiger partial charge in [-0.15, -0.1) is 0 Å². The Hall–Kier alpha value is -3.25. The summed E-state index contributed by atoms with van der Waals surface area (Å²) in [4.78, 5) is 20.5. The third kappa shape index (κ3) is 3.39. The van der Waals surface area contributed by atoms with Gasteiger partial charge in [0.1, 0.15) is 5.65 Å². The van der Waals surface area contributed by atoms with Gasteiger partial charge >= 0.3 is 0 Å². The van der Waals surface area contributed by atoms with Gasteiger partial charge < -0.3 is 15.4 Å². The van der Waals surface area contributed by atoms with Crippen LogP contribution in [0.15, 0.2) is 67.0 Å². The molecule has 0 aliphatic carbocycles. The highest BCUT2D eigenvalue weighted by Crippen LogP contribution is 2.28. The van der Waals surface area contributed by atoms with E-state index in [0.29, 0.717) is 22.5 Å². The first-order chi connectivity index (χ1) is 13.2. The number of pyridine rings is 1. The molecule has 134 valence electrons. The number of H-pyrrole nitrogens is 1. The summed E-state index contributed by atoms with van der Waals surface area (Å²) in [6.07, 6.45) is 5.50. The van der Waals surface area contributed by atoms with Gasteiger partial charge in [0.05, 0.1) is 0 Å². The summed E-state index contributed by atoms with van der Waals surface area (Å²) in [7, 11) is 0. The first-order valence-corrected chi connectivity index (χ1v) is 9.65. The molecule has 6 heteroatoms. The van der Waals surface area contributed by atoms with E-state index in [4.69, 9.17) is 5.73 Å². The lowest BCUT2D eigenvalue weighted by molar-refractivity contribution is 0.104. The highest BCUT2D eigenvalue weighted by molar-refractivity contribution is 7.99. The smallest absolute Gasteiger partial charge is 0.195 e. The Labute approximate surface area is 161 Å². The lowest BCUT2D eigenvalue weighted by Gasteiger charge is -2.07. The van der Waals surface area contributed by atoms with E-state index in [1.165, 1.54) is 0 Å². The average molecular weight is 374 g/mol. The molecule has 0 atom stereocenters. The van der Waals surface area contributed by atoms with E-state index < -0.39 is 0 Å². The number of aromatic nitrogens is 2. The van der Waals surface area contributed by atoms with Crippen LogP contribution in [0.2, 0.25) is 0 Å². The maximum atomic E-state index is 12.9. The van der Waals surface area contributed by atoms with E-state index >= 15 is 0 Å². The number of benzene rings is 2. The SMILES string of the molecule is CSNc1cccc(-c2cnc3[nH]cc(C(=O)c4cccc(N)c4)c3c2)c1. The molecule has 2 aromatic carbocycles. The number of fused-ring (bicyclic) bond motifs is 1. The number of hydrogen-bond acceptors (Lipinski definition) is 5. The number of nitrogens with two attached hydrogens (primary N) is 1. The summed E-state index contributed by atoms with van der Waals surface area (Å²) in [5.41, 5.74) is 11.2. The van der Waals surface area contributed by atoms with Crippen LogP contribution >= 0.6 is 11.9 Å². The Balaban J connectivity index is 1.77. The van der Waals surface area contributed by atoms with Gasteiger partial charge in [0.25, 0.3) is 0 Å². The summed E-state index contributed by atoms with van der Waals surface area (Å²) in [5.74, 6) is -0.0784. The summed E-state index contributed by atoms with van der Waals surface area (Å²) >= 11 is 1.54. The van der Waals surface area contributed by atoms with Gasteiger partial charge in [-0.3, -0.25) is 4.79 Å². The van der Waals surface area contributed by atoms with Crippen LogP contribution in [0.25, 0.3) is 22.2 Å². The van der Waals surface area contributed by atoms with Gasteiger partial charge in [0.15, 0.2) is 5.78 Å². The first-order valence-electron chi connectivity index (χ1n) is 8.42. The average Bonchev–Trinajstić information content (AvgIpc) is 3.11. The normalized spacial score (nSPS) is 10.9. The molecule has 2 heterocycles. The van der Waals surface area contributed by atoms with Crippen molar-refractivity contribution in [3.63, 3.8) is 0 Å². The molecule has 4 N–H and O–H groups in total. The number of rotatable bonds is 5. The zero-order valence-corrected chi connectivity index (χ0v) is 15.5. The largest absolute Gasteiger partial charge is 0.399 e. The molecule has 0 saturated carbocycles. The van der Waals surface area contributed by atoms with E-state index in [-0.39, 0.29) is 5.78 Å². The Morgan fingerprint density at radius 3 is 2.78 bits per heavy atom. The molecule has 0 amide bonds. The van der Waals surface area contributed by atoms with Gasteiger partial charge in [-0.1, -0.05) is 36.2 Å². The highest BCUT2D eigenvalue weighted by Gasteiger charge is 2.16. The van der Waals surface area contributed by atoms with Gasteiger partial charge in [-0.2, -0.15) is 0 Å². The molecule has 4 rings (SSSR count). The van der Waals surface area contributed by atoms with Gasteiger partial charge in [-0.25, -0.2) is 4.98 Å². The Kier molecular flexibility index (Phi) is 4.56. The molecule has 0 unspecified atom stereocenters. The van der Waals surface area contributed by atoms with Crippen molar-refractivity contribution in [2.75, 3.05) is 16.7 Å². The minimum atomic E-state index is -0.0784. The molecule has 2 aromatic heterocycles. The molecule has 0 spiro atoms. The van der Waals surface area contributed by atoms with Crippen molar-refractivity contribution in [1.29, 1.82) is 0 Å². The molecular weight excluding hydrogens is 356 g/mol. The fraction of sp³-hybridized carbons (Fsp3) is 0.0476. The fourth-order valence-corrected chi connectivity index (χ4v) is 3.43. The second-order valence-electron chi connectivity index (χ2n) is 6.16. The van der Waals surface area contributed by atoms with Crippen LogP contribution in [-0.4, -0.2) is 22.0 Å². The third-order valence-corrected chi connectivity index (χ3v) is 4.78. The van der Waals surface area contributed by atoms with Crippen LogP contribution in [0.1, 0.15) is 15.9 Å². The first kappa shape index (κ1) is 17.2. The fourth-order valence-electron chi connectivity index (χ4n) is 3.06. The van der Waals surface area contributed by atoms with E-state index in [0.717, 1.165) is 22.2 Å². The van der Waals surface area contributed by atoms with Crippen molar-refractivity contribution < 1.29 is 4.79 Å². The van der Waals surface area contributed by atoms with Crippen molar-refractivity contribution in [2.45, 2.75) is 0 Å². The maximum Gasteiger partial charge on any atom is 0.195 e. The zero-order chi connectivity index (χ0) is 18.8. The number of carbonyl (C=O) groups is 1. The summed E-state index contributed by atoms with van der Waals surface area (Å²) in [5, 5.41) is 0.795. The number of anilines is 2. The second-order valence-corrected chi connectivity index (χ2v) is 6.78. The molecular formula is C21H18N4OS. The minimum Gasteiger partial charge on any atom is -0.399 e. The number of nitrogens with one attached hydrogen (secondary N) is 2. The quantitative estimate of drug-likeness (QED) is 0.267. The Morgan fingerprint density at radius 1 is 1.11 bits per heavy atom. The van der Waals surface area contributed by atoms with E-state index in [9.17, 15) is 4.79 Å². The predicted octanol–water partition coefficient (Wildman–Crippen LogP) is 4.73. The highest BCUT2D eigenvalue weighted by atomic mass is 32.2. The van der Waals surface area contributed by atoms with Crippen LogP contribution in [0, 0.1) is 0 Å². The molecule has 0 bridgehead atoms. The van der Waals surface area contributed by atoms with Crippen molar-refractivity contribution in [3.8, 4) is 11.1 Å².